The fourth-order valence-electron chi connectivity index (χ4n) is 1.90. The second-order valence-electron chi connectivity index (χ2n) is 4.65. The zero-order valence-corrected chi connectivity index (χ0v) is 11.5. The van der Waals surface area contributed by atoms with Gasteiger partial charge in [-0.05, 0) is 18.5 Å². The molecule has 0 spiro atoms. The van der Waals surface area contributed by atoms with E-state index in [9.17, 15) is 10.1 Å². The molecule has 0 aliphatic carbocycles. The normalized spacial score (nSPS) is 10.7. The number of non-ortho nitro benzene ring substituents is 1. The third-order valence-corrected chi connectivity index (χ3v) is 2.93. The average molecular weight is 274 g/mol. The highest BCUT2D eigenvalue weighted by molar-refractivity contribution is 5.32. The van der Waals surface area contributed by atoms with E-state index in [1.165, 1.54) is 12.1 Å². The third-order valence-electron chi connectivity index (χ3n) is 2.93. The number of aromatic nitrogens is 2. The number of rotatable bonds is 7. The minimum absolute atomic E-state index is 0.110. The molecule has 0 amide bonds. The van der Waals surface area contributed by atoms with Crippen LogP contribution in [-0.2, 0) is 13.1 Å². The molecule has 6 nitrogen and oxygen atoms in total. The summed E-state index contributed by atoms with van der Waals surface area (Å²) < 4.78 is 1.84. The van der Waals surface area contributed by atoms with Gasteiger partial charge in [0.25, 0.3) is 5.69 Å². The maximum atomic E-state index is 10.6. The Morgan fingerprint density at radius 2 is 2.05 bits per heavy atom. The van der Waals surface area contributed by atoms with E-state index in [1.54, 1.807) is 12.1 Å². The third kappa shape index (κ3) is 3.89. The van der Waals surface area contributed by atoms with Gasteiger partial charge in [-0.1, -0.05) is 19.1 Å². The zero-order chi connectivity index (χ0) is 14.4. The van der Waals surface area contributed by atoms with E-state index in [0.29, 0.717) is 6.54 Å². The van der Waals surface area contributed by atoms with Crippen molar-refractivity contribution in [3.05, 3.63) is 57.9 Å². The van der Waals surface area contributed by atoms with E-state index in [0.717, 1.165) is 30.6 Å². The van der Waals surface area contributed by atoms with Crippen molar-refractivity contribution >= 4 is 5.69 Å². The van der Waals surface area contributed by atoms with Crippen molar-refractivity contribution in [3.8, 4) is 0 Å². The van der Waals surface area contributed by atoms with E-state index in [4.69, 9.17) is 0 Å². The molecule has 20 heavy (non-hydrogen) atoms. The maximum absolute atomic E-state index is 10.6. The lowest BCUT2D eigenvalue weighted by atomic mass is 10.2. The van der Waals surface area contributed by atoms with Crippen LogP contribution in [0.15, 0.2) is 36.7 Å². The molecule has 0 fully saturated rings. The van der Waals surface area contributed by atoms with Crippen molar-refractivity contribution in [1.82, 2.24) is 15.1 Å². The Hall–Kier alpha value is -2.21. The Morgan fingerprint density at radius 1 is 1.30 bits per heavy atom. The summed E-state index contributed by atoms with van der Waals surface area (Å²) in [5.74, 6) is 0. The van der Waals surface area contributed by atoms with Gasteiger partial charge in [0.2, 0.25) is 0 Å². The van der Waals surface area contributed by atoms with Gasteiger partial charge in [0.15, 0.2) is 0 Å². The fourth-order valence-corrected chi connectivity index (χ4v) is 1.90. The molecule has 0 radical (unpaired) electrons. The Morgan fingerprint density at radius 3 is 2.70 bits per heavy atom. The molecule has 0 bridgehead atoms. The zero-order valence-electron chi connectivity index (χ0n) is 11.5. The van der Waals surface area contributed by atoms with Gasteiger partial charge in [-0.3, -0.25) is 14.8 Å². The summed E-state index contributed by atoms with van der Waals surface area (Å²) in [6.45, 7) is 4.55. The number of hydrogen-bond donors (Lipinski definition) is 1. The van der Waals surface area contributed by atoms with Crippen LogP contribution in [-0.4, -0.2) is 21.2 Å². The Labute approximate surface area is 117 Å². The van der Waals surface area contributed by atoms with E-state index in [1.807, 2.05) is 17.1 Å². The van der Waals surface area contributed by atoms with Crippen molar-refractivity contribution in [2.45, 2.75) is 26.4 Å². The highest BCUT2D eigenvalue weighted by Gasteiger charge is 2.05. The van der Waals surface area contributed by atoms with E-state index < -0.39 is 4.92 Å². The first-order valence-corrected chi connectivity index (χ1v) is 6.64. The molecule has 2 aromatic rings. The highest BCUT2D eigenvalue weighted by atomic mass is 16.6. The van der Waals surface area contributed by atoms with Crippen LogP contribution in [0.5, 0.6) is 0 Å². The molecule has 2 rings (SSSR count). The molecule has 0 saturated carbocycles. The molecule has 0 atom stereocenters. The molecule has 0 aliphatic rings. The second kappa shape index (κ2) is 6.81. The first-order chi connectivity index (χ1) is 9.69. The van der Waals surface area contributed by atoms with Crippen LogP contribution in [0.3, 0.4) is 0 Å². The minimum atomic E-state index is -0.394. The van der Waals surface area contributed by atoms with Crippen molar-refractivity contribution in [2.75, 3.05) is 6.54 Å². The SMILES string of the molecule is CCCNCc1cnn(Cc2ccc([N+](=O)[O-])cc2)c1. The summed E-state index contributed by atoms with van der Waals surface area (Å²) in [4.78, 5) is 10.2. The summed E-state index contributed by atoms with van der Waals surface area (Å²) in [7, 11) is 0. The van der Waals surface area contributed by atoms with Crippen LogP contribution < -0.4 is 5.32 Å². The Kier molecular flexibility index (Phi) is 4.84. The molecule has 6 heteroatoms. The number of nitro groups is 1. The minimum Gasteiger partial charge on any atom is -0.313 e. The second-order valence-corrected chi connectivity index (χ2v) is 4.65. The quantitative estimate of drug-likeness (QED) is 0.478. The van der Waals surface area contributed by atoms with E-state index in [2.05, 4.69) is 17.3 Å². The Bertz CT molecular complexity index is 563. The summed E-state index contributed by atoms with van der Waals surface area (Å²) in [6.07, 6.45) is 4.94. The van der Waals surface area contributed by atoms with Gasteiger partial charge in [0.1, 0.15) is 0 Å². The molecule has 1 heterocycles. The highest BCUT2D eigenvalue weighted by Crippen LogP contribution is 2.12. The van der Waals surface area contributed by atoms with E-state index in [-0.39, 0.29) is 5.69 Å². The lowest BCUT2D eigenvalue weighted by Crippen LogP contribution is -2.13. The van der Waals surface area contributed by atoms with Gasteiger partial charge in [0.05, 0.1) is 17.7 Å². The molecule has 1 N–H and O–H groups in total. The number of nitro benzene ring substituents is 1. The Balaban J connectivity index is 1.94. The summed E-state index contributed by atoms with van der Waals surface area (Å²) in [6, 6.07) is 6.55. The van der Waals surface area contributed by atoms with Crippen LogP contribution in [0.4, 0.5) is 5.69 Å². The van der Waals surface area contributed by atoms with Crippen LogP contribution in [0.1, 0.15) is 24.5 Å². The lowest BCUT2D eigenvalue weighted by Gasteiger charge is -2.02. The molecule has 106 valence electrons. The average Bonchev–Trinajstić information content (AvgIpc) is 2.87. The maximum Gasteiger partial charge on any atom is 0.269 e. The van der Waals surface area contributed by atoms with Gasteiger partial charge >= 0.3 is 0 Å². The monoisotopic (exact) mass is 274 g/mol. The van der Waals surface area contributed by atoms with Gasteiger partial charge in [-0.15, -0.1) is 0 Å². The van der Waals surface area contributed by atoms with Gasteiger partial charge in [-0.2, -0.15) is 5.10 Å². The summed E-state index contributed by atoms with van der Waals surface area (Å²) in [5.41, 5.74) is 2.24. The van der Waals surface area contributed by atoms with Crippen molar-refractivity contribution < 1.29 is 4.92 Å². The van der Waals surface area contributed by atoms with Crippen LogP contribution in [0.25, 0.3) is 0 Å². The van der Waals surface area contributed by atoms with E-state index >= 15 is 0 Å². The molecule has 0 aliphatic heterocycles. The van der Waals surface area contributed by atoms with Crippen LogP contribution in [0, 0.1) is 10.1 Å². The van der Waals surface area contributed by atoms with Crippen molar-refractivity contribution in [2.24, 2.45) is 0 Å². The largest absolute Gasteiger partial charge is 0.313 e. The van der Waals surface area contributed by atoms with Crippen molar-refractivity contribution in [3.63, 3.8) is 0 Å². The number of nitrogens with zero attached hydrogens (tertiary/aromatic N) is 3. The number of hydrogen-bond acceptors (Lipinski definition) is 4. The van der Waals surface area contributed by atoms with Crippen LogP contribution in [0.2, 0.25) is 0 Å². The van der Waals surface area contributed by atoms with Crippen LogP contribution >= 0.6 is 0 Å². The van der Waals surface area contributed by atoms with Gasteiger partial charge in [-0.25, -0.2) is 0 Å². The predicted molar refractivity (Wildman–Crippen MR) is 76.4 cm³/mol. The molecular formula is C14H18N4O2. The fraction of sp³-hybridized carbons (Fsp3) is 0.357. The standard InChI is InChI=1S/C14H18N4O2/c1-2-7-15-8-13-9-16-17(11-13)10-12-3-5-14(6-4-12)18(19)20/h3-6,9,11,15H,2,7-8,10H2,1H3. The first-order valence-electron chi connectivity index (χ1n) is 6.64. The number of nitrogens with one attached hydrogen (secondary N) is 1. The molecule has 0 unspecified atom stereocenters. The predicted octanol–water partition coefficient (Wildman–Crippen LogP) is 2.34. The topological polar surface area (TPSA) is 73.0 Å². The van der Waals surface area contributed by atoms with Gasteiger partial charge in [0, 0.05) is 30.4 Å². The molecule has 1 aromatic carbocycles. The molecule has 0 saturated heterocycles. The first kappa shape index (κ1) is 14.2. The summed E-state index contributed by atoms with van der Waals surface area (Å²) in [5, 5.41) is 18.2. The number of benzene rings is 1. The summed E-state index contributed by atoms with van der Waals surface area (Å²) >= 11 is 0. The molecular weight excluding hydrogens is 256 g/mol. The smallest absolute Gasteiger partial charge is 0.269 e. The lowest BCUT2D eigenvalue weighted by molar-refractivity contribution is -0.384. The van der Waals surface area contributed by atoms with Gasteiger partial charge < -0.3 is 5.32 Å². The van der Waals surface area contributed by atoms with Crippen molar-refractivity contribution in [1.29, 1.82) is 0 Å². The molecule has 1 aromatic heterocycles.